The molecule has 38 heavy (non-hydrogen) atoms. The van der Waals surface area contributed by atoms with Crippen LogP contribution in [0.3, 0.4) is 0 Å². The lowest BCUT2D eigenvalue weighted by Crippen LogP contribution is -2.41. The number of aromatic nitrogens is 1. The van der Waals surface area contributed by atoms with Gasteiger partial charge < -0.3 is 19.2 Å². The fourth-order valence-electron chi connectivity index (χ4n) is 6.28. The summed E-state index contributed by atoms with van der Waals surface area (Å²) in [6, 6.07) is 14.7. The van der Waals surface area contributed by atoms with Crippen molar-refractivity contribution >= 4 is 11.6 Å². The Bertz CT molecular complexity index is 1240. The largest absolute Gasteiger partial charge is 0.496 e. The molecular formula is C32H40N2O4. The van der Waals surface area contributed by atoms with Gasteiger partial charge in [0.05, 0.1) is 19.4 Å². The molecule has 0 spiro atoms. The number of hydrogen-bond donors (Lipinski definition) is 1. The number of benzene rings is 2. The molecule has 0 saturated heterocycles. The highest BCUT2D eigenvalue weighted by Gasteiger charge is 2.32. The molecule has 2 aliphatic rings. The van der Waals surface area contributed by atoms with E-state index in [9.17, 15) is 9.90 Å². The summed E-state index contributed by atoms with van der Waals surface area (Å²) >= 11 is 0. The van der Waals surface area contributed by atoms with Crippen LogP contribution in [0.25, 0.3) is 11.3 Å². The predicted octanol–water partition coefficient (Wildman–Crippen LogP) is 6.83. The third kappa shape index (κ3) is 5.96. The SMILES string of the molecule is COc1ccc([C@H]2CC[C@H](CN(c3cccc(-c4cnc(C)o4)c3)C(=O)[C@H]3CC[C@H](O)CC3)CC2)cc1C. The minimum Gasteiger partial charge on any atom is -0.496 e. The molecule has 0 radical (unpaired) electrons. The zero-order chi connectivity index (χ0) is 26.6. The molecule has 2 saturated carbocycles. The number of ether oxygens (including phenoxy) is 1. The third-order valence-corrected chi connectivity index (χ3v) is 8.55. The van der Waals surface area contributed by atoms with Crippen molar-refractivity contribution in [3.8, 4) is 17.1 Å². The summed E-state index contributed by atoms with van der Waals surface area (Å²) < 4.78 is 11.2. The van der Waals surface area contributed by atoms with Crippen molar-refractivity contribution in [3.63, 3.8) is 0 Å². The van der Waals surface area contributed by atoms with Crippen LogP contribution >= 0.6 is 0 Å². The van der Waals surface area contributed by atoms with E-state index in [-0.39, 0.29) is 17.9 Å². The molecule has 2 fully saturated rings. The summed E-state index contributed by atoms with van der Waals surface area (Å²) in [5.41, 5.74) is 4.42. The van der Waals surface area contributed by atoms with Gasteiger partial charge in [-0.25, -0.2) is 4.98 Å². The van der Waals surface area contributed by atoms with E-state index in [2.05, 4.69) is 36.2 Å². The van der Waals surface area contributed by atoms with Crippen LogP contribution in [-0.2, 0) is 4.79 Å². The summed E-state index contributed by atoms with van der Waals surface area (Å²) in [4.78, 5) is 20.2. The van der Waals surface area contributed by atoms with Gasteiger partial charge in [-0.1, -0.05) is 24.3 Å². The first-order chi connectivity index (χ1) is 18.4. The van der Waals surface area contributed by atoms with Crippen LogP contribution < -0.4 is 9.64 Å². The standard InChI is InChI=1S/C32H40N2O4/c1-21-17-26(13-16-30(21)37-3)24-9-7-23(8-10-24)20-34(32(36)25-11-14-29(35)15-12-25)28-6-4-5-27(18-28)31-19-33-22(2)38-31/h4-6,13,16-19,23-25,29,35H,7-12,14-15,20H2,1-3H3/t23-,24-,25-,29-. The number of carbonyl (C=O) groups excluding carboxylic acids is 1. The molecule has 1 heterocycles. The molecule has 2 aliphatic carbocycles. The number of carbonyl (C=O) groups is 1. The first kappa shape index (κ1) is 26.5. The van der Waals surface area contributed by atoms with E-state index in [1.807, 2.05) is 30.0 Å². The monoisotopic (exact) mass is 516 g/mol. The Morgan fingerprint density at radius 1 is 1.03 bits per heavy atom. The van der Waals surface area contributed by atoms with Crippen molar-refractivity contribution in [1.82, 2.24) is 4.98 Å². The molecule has 3 aromatic rings. The summed E-state index contributed by atoms with van der Waals surface area (Å²) in [6.07, 6.45) is 8.84. The van der Waals surface area contributed by atoms with E-state index >= 15 is 0 Å². The fraction of sp³-hybridized carbons (Fsp3) is 0.500. The van der Waals surface area contributed by atoms with Crippen LogP contribution in [0.15, 0.2) is 53.1 Å². The number of methoxy groups -OCH3 is 1. The normalized spacial score (nSPS) is 23.7. The number of aliphatic hydroxyl groups is 1. The zero-order valence-electron chi connectivity index (χ0n) is 22.9. The van der Waals surface area contributed by atoms with Gasteiger partial charge in [0.15, 0.2) is 11.7 Å². The molecule has 1 N–H and O–H groups in total. The van der Waals surface area contributed by atoms with Gasteiger partial charge in [-0.05, 0) is 99.5 Å². The topological polar surface area (TPSA) is 75.8 Å². The van der Waals surface area contributed by atoms with Crippen LogP contribution in [0.1, 0.15) is 74.3 Å². The van der Waals surface area contributed by atoms with Crippen LogP contribution in [0.4, 0.5) is 5.69 Å². The highest BCUT2D eigenvalue weighted by Crippen LogP contribution is 2.39. The molecule has 2 aromatic carbocycles. The Hall–Kier alpha value is -3.12. The molecule has 1 aromatic heterocycles. The van der Waals surface area contributed by atoms with Gasteiger partial charge in [-0.15, -0.1) is 0 Å². The van der Waals surface area contributed by atoms with Crippen molar-refractivity contribution in [2.45, 2.75) is 77.2 Å². The Morgan fingerprint density at radius 3 is 2.45 bits per heavy atom. The Balaban J connectivity index is 1.32. The first-order valence-corrected chi connectivity index (χ1v) is 14.1. The molecule has 0 aliphatic heterocycles. The number of anilines is 1. The predicted molar refractivity (Wildman–Crippen MR) is 149 cm³/mol. The minimum atomic E-state index is -0.276. The molecule has 202 valence electrons. The van der Waals surface area contributed by atoms with Gasteiger partial charge >= 0.3 is 0 Å². The number of oxazole rings is 1. The second-order valence-corrected chi connectivity index (χ2v) is 11.2. The fourth-order valence-corrected chi connectivity index (χ4v) is 6.28. The van der Waals surface area contributed by atoms with Crippen LogP contribution in [0, 0.1) is 25.7 Å². The van der Waals surface area contributed by atoms with E-state index in [1.54, 1.807) is 13.3 Å². The molecule has 0 unspecified atom stereocenters. The molecule has 5 rings (SSSR count). The Kier molecular flexibility index (Phi) is 8.18. The number of rotatable bonds is 7. The minimum absolute atomic E-state index is 0.0341. The molecule has 6 heteroatoms. The van der Waals surface area contributed by atoms with E-state index in [0.717, 1.165) is 62.1 Å². The summed E-state index contributed by atoms with van der Waals surface area (Å²) in [6.45, 7) is 4.67. The first-order valence-electron chi connectivity index (χ1n) is 14.1. The third-order valence-electron chi connectivity index (χ3n) is 8.55. The molecule has 0 atom stereocenters. The lowest BCUT2D eigenvalue weighted by molar-refractivity contribution is -0.124. The average Bonchev–Trinajstić information content (AvgIpc) is 3.38. The summed E-state index contributed by atoms with van der Waals surface area (Å²) in [7, 11) is 1.72. The van der Waals surface area contributed by atoms with Gasteiger partial charge in [0.1, 0.15) is 5.75 Å². The highest BCUT2D eigenvalue weighted by atomic mass is 16.5. The van der Waals surface area contributed by atoms with E-state index in [4.69, 9.17) is 9.15 Å². The Labute approximate surface area is 226 Å². The van der Waals surface area contributed by atoms with Crippen molar-refractivity contribution in [1.29, 1.82) is 0 Å². The smallest absolute Gasteiger partial charge is 0.230 e. The number of aryl methyl sites for hydroxylation is 2. The number of amides is 1. The summed E-state index contributed by atoms with van der Waals surface area (Å²) in [5.74, 6) is 3.45. The number of aliphatic hydroxyl groups excluding tert-OH is 1. The molecule has 6 nitrogen and oxygen atoms in total. The molecule has 1 amide bonds. The van der Waals surface area contributed by atoms with E-state index < -0.39 is 0 Å². The quantitative estimate of drug-likeness (QED) is 0.373. The van der Waals surface area contributed by atoms with Gasteiger partial charge in [0.2, 0.25) is 5.91 Å². The number of hydrogen-bond acceptors (Lipinski definition) is 5. The van der Waals surface area contributed by atoms with Gasteiger partial charge in [-0.3, -0.25) is 4.79 Å². The maximum absolute atomic E-state index is 13.9. The lowest BCUT2D eigenvalue weighted by atomic mass is 9.78. The second-order valence-electron chi connectivity index (χ2n) is 11.2. The highest BCUT2D eigenvalue weighted by molar-refractivity contribution is 5.95. The van der Waals surface area contributed by atoms with Crippen molar-refractivity contribution in [3.05, 3.63) is 65.7 Å². The summed E-state index contributed by atoms with van der Waals surface area (Å²) in [5, 5.41) is 10.0. The number of nitrogens with zero attached hydrogens (tertiary/aromatic N) is 2. The van der Waals surface area contributed by atoms with Gasteiger partial charge in [0, 0.05) is 30.6 Å². The van der Waals surface area contributed by atoms with Gasteiger partial charge in [-0.2, -0.15) is 0 Å². The Morgan fingerprint density at radius 2 is 1.79 bits per heavy atom. The maximum atomic E-state index is 13.9. The zero-order valence-corrected chi connectivity index (χ0v) is 22.9. The van der Waals surface area contributed by atoms with Crippen LogP contribution in [0.2, 0.25) is 0 Å². The van der Waals surface area contributed by atoms with E-state index in [0.29, 0.717) is 36.3 Å². The maximum Gasteiger partial charge on any atom is 0.230 e. The molecule has 0 bridgehead atoms. The van der Waals surface area contributed by atoms with Crippen molar-refractivity contribution in [2.75, 3.05) is 18.6 Å². The second kappa shape index (κ2) is 11.7. The van der Waals surface area contributed by atoms with Crippen LogP contribution in [-0.4, -0.2) is 35.8 Å². The van der Waals surface area contributed by atoms with Crippen LogP contribution in [0.5, 0.6) is 5.75 Å². The average molecular weight is 517 g/mol. The van der Waals surface area contributed by atoms with Crippen molar-refractivity contribution in [2.24, 2.45) is 11.8 Å². The lowest BCUT2D eigenvalue weighted by Gasteiger charge is -2.36. The van der Waals surface area contributed by atoms with E-state index in [1.165, 1.54) is 11.1 Å². The molecular weight excluding hydrogens is 476 g/mol. The van der Waals surface area contributed by atoms with Gasteiger partial charge in [0.25, 0.3) is 0 Å². The van der Waals surface area contributed by atoms with Crippen molar-refractivity contribution < 1.29 is 19.1 Å².